The molecular formula is C18H20N6O. The first-order valence-electron chi connectivity index (χ1n) is 8.36. The SMILES string of the molecule is CN1CCCC1C(=O)Nc1cc2cc(-c3cnn(C)c3)ncc2cn1. The van der Waals surface area contributed by atoms with Crippen LogP contribution in [-0.2, 0) is 11.8 Å². The zero-order valence-electron chi connectivity index (χ0n) is 14.3. The van der Waals surface area contributed by atoms with E-state index in [1.54, 1.807) is 23.3 Å². The van der Waals surface area contributed by atoms with Gasteiger partial charge in [-0.3, -0.25) is 19.4 Å². The van der Waals surface area contributed by atoms with Gasteiger partial charge in [0.1, 0.15) is 5.82 Å². The molecule has 3 aromatic rings. The highest BCUT2D eigenvalue weighted by Crippen LogP contribution is 2.23. The van der Waals surface area contributed by atoms with Gasteiger partial charge in [-0.05, 0) is 44.0 Å². The third kappa shape index (κ3) is 3.10. The van der Waals surface area contributed by atoms with Crippen LogP contribution in [0, 0.1) is 0 Å². The van der Waals surface area contributed by atoms with E-state index in [-0.39, 0.29) is 11.9 Å². The van der Waals surface area contributed by atoms with Crippen molar-refractivity contribution in [3.63, 3.8) is 0 Å². The summed E-state index contributed by atoms with van der Waals surface area (Å²) in [5.74, 6) is 0.578. The van der Waals surface area contributed by atoms with Gasteiger partial charge >= 0.3 is 0 Å². The average Bonchev–Trinajstić information content (AvgIpc) is 3.22. The largest absolute Gasteiger partial charge is 0.309 e. The first-order chi connectivity index (χ1) is 12.1. The molecule has 0 bridgehead atoms. The molecule has 0 radical (unpaired) electrons. The van der Waals surface area contributed by atoms with E-state index in [1.807, 2.05) is 32.4 Å². The monoisotopic (exact) mass is 336 g/mol. The van der Waals surface area contributed by atoms with Gasteiger partial charge in [-0.25, -0.2) is 4.98 Å². The van der Waals surface area contributed by atoms with Crippen LogP contribution in [0.1, 0.15) is 12.8 Å². The van der Waals surface area contributed by atoms with E-state index in [4.69, 9.17) is 0 Å². The predicted octanol–water partition coefficient (Wildman–Crippen LogP) is 2.06. The third-order valence-corrected chi connectivity index (χ3v) is 4.68. The standard InChI is InChI=1S/C18H20N6O/c1-23-5-3-4-16(23)18(25)22-17-7-12-6-15(14-10-21-24(2)11-14)19-8-13(12)9-20-17/h6-11,16H,3-5H2,1-2H3,(H,20,22,25). The molecule has 1 atom stereocenters. The van der Waals surface area contributed by atoms with Crippen molar-refractivity contribution in [3.8, 4) is 11.3 Å². The maximum absolute atomic E-state index is 12.4. The fraction of sp³-hybridized carbons (Fsp3) is 0.333. The third-order valence-electron chi connectivity index (χ3n) is 4.68. The lowest BCUT2D eigenvalue weighted by molar-refractivity contribution is -0.119. The molecule has 0 aromatic carbocycles. The van der Waals surface area contributed by atoms with Crippen LogP contribution in [0.2, 0.25) is 0 Å². The number of pyridine rings is 2. The lowest BCUT2D eigenvalue weighted by atomic mass is 10.1. The smallest absolute Gasteiger partial charge is 0.242 e. The van der Waals surface area contributed by atoms with Crippen molar-refractivity contribution in [3.05, 3.63) is 36.9 Å². The summed E-state index contributed by atoms with van der Waals surface area (Å²) < 4.78 is 1.75. The molecule has 1 aliphatic rings. The van der Waals surface area contributed by atoms with Crippen LogP contribution in [-0.4, -0.2) is 50.2 Å². The number of likely N-dealkylation sites (tertiary alicyclic amines) is 1. The average molecular weight is 336 g/mol. The van der Waals surface area contributed by atoms with E-state index in [0.717, 1.165) is 41.4 Å². The predicted molar refractivity (Wildman–Crippen MR) is 96.0 cm³/mol. The molecular weight excluding hydrogens is 316 g/mol. The fourth-order valence-electron chi connectivity index (χ4n) is 3.27. The van der Waals surface area contributed by atoms with Crippen LogP contribution in [0.3, 0.4) is 0 Å². The lowest BCUT2D eigenvalue weighted by Crippen LogP contribution is -2.37. The Morgan fingerprint density at radius 3 is 2.72 bits per heavy atom. The minimum atomic E-state index is -0.0686. The van der Waals surface area contributed by atoms with Crippen LogP contribution in [0.15, 0.2) is 36.9 Å². The summed E-state index contributed by atoms with van der Waals surface area (Å²) in [5.41, 5.74) is 1.80. The Morgan fingerprint density at radius 2 is 2.00 bits per heavy atom. The quantitative estimate of drug-likeness (QED) is 0.792. The molecule has 0 aliphatic carbocycles. The maximum atomic E-state index is 12.4. The van der Waals surface area contributed by atoms with Gasteiger partial charge in [0.05, 0.1) is 17.9 Å². The Labute approximate surface area is 145 Å². The first kappa shape index (κ1) is 15.7. The minimum absolute atomic E-state index is 0.00777. The number of hydrogen-bond donors (Lipinski definition) is 1. The van der Waals surface area contributed by atoms with Gasteiger partial charge in [0.15, 0.2) is 0 Å². The van der Waals surface area contributed by atoms with Crippen molar-refractivity contribution in [2.75, 3.05) is 18.9 Å². The highest BCUT2D eigenvalue weighted by atomic mass is 16.2. The molecule has 7 heteroatoms. The molecule has 0 spiro atoms. The van der Waals surface area contributed by atoms with Gasteiger partial charge in [-0.15, -0.1) is 0 Å². The number of amides is 1. The summed E-state index contributed by atoms with van der Waals surface area (Å²) in [6.07, 6.45) is 9.19. The van der Waals surface area contributed by atoms with Gasteiger partial charge in [-0.2, -0.15) is 5.10 Å². The van der Waals surface area contributed by atoms with E-state index in [9.17, 15) is 4.79 Å². The number of aryl methyl sites for hydroxylation is 1. The van der Waals surface area contributed by atoms with E-state index in [0.29, 0.717) is 5.82 Å². The van der Waals surface area contributed by atoms with Crippen molar-refractivity contribution in [1.29, 1.82) is 0 Å². The Bertz CT molecular complexity index is 934. The van der Waals surface area contributed by atoms with Crippen LogP contribution < -0.4 is 5.32 Å². The number of fused-ring (bicyclic) bond motifs is 1. The molecule has 1 N–H and O–H groups in total. The summed E-state index contributed by atoms with van der Waals surface area (Å²) >= 11 is 0. The number of carbonyl (C=O) groups excluding carboxylic acids is 1. The fourth-order valence-corrected chi connectivity index (χ4v) is 3.27. The highest BCUT2D eigenvalue weighted by molar-refractivity contribution is 5.96. The normalized spacial score (nSPS) is 17.9. The topological polar surface area (TPSA) is 75.9 Å². The molecule has 0 saturated carbocycles. The van der Waals surface area contributed by atoms with Crippen molar-refractivity contribution >= 4 is 22.5 Å². The second kappa shape index (κ2) is 6.25. The van der Waals surface area contributed by atoms with Crippen LogP contribution in [0.25, 0.3) is 22.0 Å². The number of rotatable bonds is 3. The summed E-state index contributed by atoms with van der Waals surface area (Å²) in [6, 6.07) is 3.82. The summed E-state index contributed by atoms with van der Waals surface area (Å²) in [5, 5.41) is 9.04. The Balaban J connectivity index is 1.61. The van der Waals surface area contributed by atoms with E-state index < -0.39 is 0 Å². The zero-order valence-corrected chi connectivity index (χ0v) is 14.3. The van der Waals surface area contributed by atoms with Crippen molar-refractivity contribution in [1.82, 2.24) is 24.6 Å². The molecule has 7 nitrogen and oxygen atoms in total. The number of carbonyl (C=O) groups is 1. The van der Waals surface area contributed by atoms with Crippen LogP contribution in [0.5, 0.6) is 0 Å². The molecule has 1 unspecified atom stereocenters. The van der Waals surface area contributed by atoms with Crippen molar-refractivity contribution < 1.29 is 4.79 Å². The molecule has 25 heavy (non-hydrogen) atoms. The van der Waals surface area contributed by atoms with Crippen LogP contribution in [0.4, 0.5) is 5.82 Å². The van der Waals surface area contributed by atoms with Gasteiger partial charge < -0.3 is 5.32 Å². The Morgan fingerprint density at radius 1 is 1.16 bits per heavy atom. The van der Waals surface area contributed by atoms with Gasteiger partial charge in [0.2, 0.25) is 5.91 Å². The molecule has 4 rings (SSSR count). The van der Waals surface area contributed by atoms with Gasteiger partial charge in [0.25, 0.3) is 0 Å². The van der Waals surface area contributed by atoms with Crippen molar-refractivity contribution in [2.24, 2.45) is 7.05 Å². The second-order valence-corrected chi connectivity index (χ2v) is 6.52. The summed E-state index contributed by atoms with van der Waals surface area (Å²) in [7, 11) is 3.86. The van der Waals surface area contributed by atoms with Gasteiger partial charge in [0, 0.05) is 36.6 Å². The maximum Gasteiger partial charge on any atom is 0.242 e. The summed E-state index contributed by atoms with van der Waals surface area (Å²) in [4.78, 5) is 23.3. The Kier molecular flexibility index (Phi) is 3.93. The number of likely N-dealkylation sites (N-methyl/N-ethyl adjacent to an activating group) is 1. The minimum Gasteiger partial charge on any atom is -0.309 e. The molecule has 1 fully saturated rings. The second-order valence-electron chi connectivity index (χ2n) is 6.52. The first-order valence-corrected chi connectivity index (χ1v) is 8.36. The van der Waals surface area contributed by atoms with E-state index in [1.165, 1.54) is 0 Å². The number of nitrogens with zero attached hydrogens (tertiary/aromatic N) is 5. The van der Waals surface area contributed by atoms with E-state index >= 15 is 0 Å². The Hall–Kier alpha value is -2.80. The number of hydrogen-bond acceptors (Lipinski definition) is 5. The van der Waals surface area contributed by atoms with Crippen LogP contribution >= 0.6 is 0 Å². The highest BCUT2D eigenvalue weighted by Gasteiger charge is 2.27. The molecule has 1 aliphatic heterocycles. The molecule has 3 aromatic heterocycles. The molecule has 4 heterocycles. The lowest BCUT2D eigenvalue weighted by Gasteiger charge is -2.18. The summed E-state index contributed by atoms with van der Waals surface area (Å²) in [6.45, 7) is 0.962. The van der Waals surface area contributed by atoms with Crippen molar-refractivity contribution in [2.45, 2.75) is 18.9 Å². The number of nitrogens with one attached hydrogen (secondary N) is 1. The molecule has 1 saturated heterocycles. The molecule has 128 valence electrons. The van der Waals surface area contributed by atoms with E-state index in [2.05, 4.69) is 25.3 Å². The zero-order chi connectivity index (χ0) is 17.4. The van der Waals surface area contributed by atoms with Gasteiger partial charge in [-0.1, -0.05) is 0 Å². The molecule has 1 amide bonds. The number of aromatic nitrogens is 4. The number of anilines is 1.